The van der Waals surface area contributed by atoms with Gasteiger partial charge in [0, 0.05) is 13.0 Å². The molecule has 1 aliphatic heterocycles. The van der Waals surface area contributed by atoms with Gasteiger partial charge in [0.05, 0.1) is 18.9 Å². The zero-order valence-corrected chi connectivity index (χ0v) is 10.4. The number of nitrogens with zero attached hydrogens (tertiary/aromatic N) is 1. The lowest BCUT2D eigenvalue weighted by Crippen LogP contribution is -2.19. The van der Waals surface area contributed by atoms with Crippen molar-refractivity contribution in [2.24, 2.45) is 5.92 Å². The van der Waals surface area contributed by atoms with Gasteiger partial charge in [-0.05, 0) is 12.5 Å². The second kappa shape index (κ2) is 6.02. The van der Waals surface area contributed by atoms with Gasteiger partial charge in [0.15, 0.2) is 0 Å². The molecule has 1 unspecified atom stereocenters. The number of rotatable bonds is 6. The van der Waals surface area contributed by atoms with Gasteiger partial charge in [0.2, 0.25) is 0 Å². The lowest BCUT2D eigenvalue weighted by Gasteiger charge is -2.06. The van der Waals surface area contributed by atoms with E-state index in [9.17, 15) is 0 Å². The van der Waals surface area contributed by atoms with E-state index in [0.29, 0.717) is 25.1 Å². The van der Waals surface area contributed by atoms with Gasteiger partial charge in [-0.3, -0.25) is 0 Å². The first kappa shape index (κ1) is 12.4. The van der Waals surface area contributed by atoms with Gasteiger partial charge in [0.25, 0.3) is 0 Å². The number of oxazole rings is 1. The molecule has 0 bridgehead atoms. The fourth-order valence-corrected chi connectivity index (χ4v) is 1.66. The monoisotopic (exact) mass is 240 g/mol. The van der Waals surface area contributed by atoms with Crippen LogP contribution in [0.15, 0.2) is 10.7 Å². The van der Waals surface area contributed by atoms with Gasteiger partial charge < -0.3 is 19.2 Å². The molecule has 5 heteroatoms. The lowest BCUT2D eigenvalue weighted by molar-refractivity contribution is 0.115. The lowest BCUT2D eigenvalue weighted by atomic mass is 10.2. The Labute approximate surface area is 102 Å². The fraction of sp³-hybridized carbons (Fsp3) is 0.750. The quantitative estimate of drug-likeness (QED) is 0.818. The Kier molecular flexibility index (Phi) is 4.39. The molecule has 2 heterocycles. The minimum atomic E-state index is 0.0881. The van der Waals surface area contributed by atoms with Crippen molar-refractivity contribution in [2.45, 2.75) is 32.9 Å². The first-order valence-electron chi connectivity index (χ1n) is 6.13. The molecule has 1 aliphatic rings. The van der Waals surface area contributed by atoms with Crippen molar-refractivity contribution < 1.29 is 13.9 Å². The molecule has 1 saturated heterocycles. The molecule has 1 fully saturated rings. The summed E-state index contributed by atoms with van der Waals surface area (Å²) < 4.78 is 16.0. The van der Waals surface area contributed by atoms with Crippen molar-refractivity contribution in [2.75, 3.05) is 19.8 Å². The molecule has 0 spiro atoms. The SMILES string of the molecule is CC(C)CNCc1coc(OC2CCOC2)n1. The molecular weight excluding hydrogens is 220 g/mol. The maximum Gasteiger partial charge on any atom is 0.394 e. The summed E-state index contributed by atoms with van der Waals surface area (Å²) in [5.41, 5.74) is 0.875. The molecule has 0 radical (unpaired) electrons. The summed E-state index contributed by atoms with van der Waals surface area (Å²) in [6.07, 6.45) is 2.98. The molecule has 1 aromatic rings. The molecule has 1 aromatic heterocycles. The van der Waals surface area contributed by atoms with E-state index in [4.69, 9.17) is 13.9 Å². The van der Waals surface area contributed by atoms with Crippen LogP contribution in [0.4, 0.5) is 0 Å². The Balaban J connectivity index is 1.75. The summed E-state index contributed by atoms with van der Waals surface area (Å²) >= 11 is 0. The van der Waals surface area contributed by atoms with E-state index < -0.39 is 0 Å². The van der Waals surface area contributed by atoms with Crippen LogP contribution in [0.3, 0.4) is 0 Å². The molecule has 0 aromatic carbocycles. The predicted molar refractivity (Wildman–Crippen MR) is 62.9 cm³/mol. The Morgan fingerprint density at radius 3 is 3.18 bits per heavy atom. The van der Waals surface area contributed by atoms with Crippen molar-refractivity contribution in [3.8, 4) is 6.08 Å². The van der Waals surface area contributed by atoms with E-state index in [1.165, 1.54) is 0 Å². The predicted octanol–water partition coefficient (Wildman–Crippen LogP) is 1.59. The van der Waals surface area contributed by atoms with Crippen LogP contribution in [0.1, 0.15) is 26.0 Å². The zero-order valence-electron chi connectivity index (χ0n) is 10.4. The van der Waals surface area contributed by atoms with Gasteiger partial charge in [-0.2, -0.15) is 4.98 Å². The highest BCUT2D eigenvalue weighted by molar-refractivity contribution is 5.00. The Bertz CT molecular complexity index is 332. The third-order valence-electron chi connectivity index (χ3n) is 2.54. The van der Waals surface area contributed by atoms with Crippen LogP contribution in [0.5, 0.6) is 6.08 Å². The van der Waals surface area contributed by atoms with Gasteiger partial charge in [-0.25, -0.2) is 0 Å². The van der Waals surface area contributed by atoms with E-state index in [2.05, 4.69) is 24.1 Å². The van der Waals surface area contributed by atoms with Crippen molar-refractivity contribution in [1.29, 1.82) is 0 Å². The van der Waals surface area contributed by atoms with Gasteiger partial charge in [-0.1, -0.05) is 13.8 Å². The largest absolute Gasteiger partial charge is 0.444 e. The van der Waals surface area contributed by atoms with Crippen LogP contribution in [-0.4, -0.2) is 30.8 Å². The van der Waals surface area contributed by atoms with Crippen molar-refractivity contribution in [1.82, 2.24) is 10.3 Å². The summed E-state index contributed by atoms with van der Waals surface area (Å²) in [5, 5.41) is 3.31. The second-order valence-electron chi connectivity index (χ2n) is 4.73. The molecular formula is C12H20N2O3. The fourth-order valence-electron chi connectivity index (χ4n) is 1.66. The summed E-state index contributed by atoms with van der Waals surface area (Å²) in [7, 11) is 0. The first-order valence-corrected chi connectivity index (χ1v) is 6.13. The van der Waals surface area contributed by atoms with E-state index >= 15 is 0 Å². The first-order chi connectivity index (χ1) is 8.24. The summed E-state index contributed by atoms with van der Waals surface area (Å²) in [4.78, 5) is 4.26. The Hall–Kier alpha value is -1.07. The van der Waals surface area contributed by atoms with E-state index in [1.54, 1.807) is 6.26 Å². The molecule has 2 rings (SSSR count). The number of hydrogen-bond donors (Lipinski definition) is 1. The molecule has 17 heavy (non-hydrogen) atoms. The standard InChI is InChI=1S/C12H20N2O3/c1-9(2)5-13-6-10-7-16-12(14-10)17-11-3-4-15-8-11/h7,9,11,13H,3-6,8H2,1-2H3. The van der Waals surface area contributed by atoms with Crippen molar-refractivity contribution in [3.05, 3.63) is 12.0 Å². The number of hydrogen-bond acceptors (Lipinski definition) is 5. The van der Waals surface area contributed by atoms with Gasteiger partial charge in [0.1, 0.15) is 12.4 Å². The normalized spacial score (nSPS) is 20.1. The zero-order chi connectivity index (χ0) is 12.1. The molecule has 0 amide bonds. The summed E-state index contributed by atoms with van der Waals surface area (Å²) in [5.74, 6) is 0.633. The molecule has 1 N–H and O–H groups in total. The molecule has 5 nitrogen and oxygen atoms in total. The Morgan fingerprint density at radius 2 is 2.47 bits per heavy atom. The summed E-state index contributed by atoms with van der Waals surface area (Å²) in [6.45, 7) is 7.41. The van der Waals surface area contributed by atoms with Gasteiger partial charge >= 0.3 is 6.08 Å². The Morgan fingerprint density at radius 1 is 1.59 bits per heavy atom. The van der Waals surface area contributed by atoms with E-state index in [-0.39, 0.29) is 6.10 Å². The summed E-state index contributed by atoms with van der Waals surface area (Å²) in [6, 6.07) is 0. The number of ether oxygens (including phenoxy) is 2. The van der Waals surface area contributed by atoms with E-state index in [1.807, 2.05) is 0 Å². The van der Waals surface area contributed by atoms with Crippen molar-refractivity contribution in [3.63, 3.8) is 0 Å². The maximum atomic E-state index is 5.55. The highest BCUT2D eigenvalue weighted by atomic mass is 16.6. The highest BCUT2D eigenvalue weighted by Gasteiger charge is 2.19. The molecule has 0 saturated carbocycles. The average Bonchev–Trinajstić information content (AvgIpc) is 2.90. The topological polar surface area (TPSA) is 56.5 Å². The number of aromatic nitrogens is 1. The molecule has 0 aliphatic carbocycles. The third kappa shape index (κ3) is 4.02. The minimum Gasteiger partial charge on any atom is -0.444 e. The van der Waals surface area contributed by atoms with Crippen LogP contribution in [0, 0.1) is 5.92 Å². The van der Waals surface area contributed by atoms with Gasteiger partial charge in [-0.15, -0.1) is 0 Å². The van der Waals surface area contributed by atoms with Crippen LogP contribution < -0.4 is 10.1 Å². The highest BCUT2D eigenvalue weighted by Crippen LogP contribution is 2.16. The second-order valence-corrected chi connectivity index (χ2v) is 4.73. The molecule has 1 atom stereocenters. The number of nitrogens with one attached hydrogen (secondary N) is 1. The van der Waals surface area contributed by atoms with Crippen LogP contribution in [0.2, 0.25) is 0 Å². The minimum absolute atomic E-state index is 0.0881. The van der Waals surface area contributed by atoms with Crippen LogP contribution in [-0.2, 0) is 11.3 Å². The van der Waals surface area contributed by atoms with Crippen molar-refractivity contribution >= 4 is 0 Å². The van der Waals surface area contributed by atoms with Crippen LogP contribution >= 0.6 is 0 Å². The smallest absolute Gasteiger partial charge is 0.394 e. The molecule has 96 valence electrons. The van der Waals surface area contributed by atoms with Crippen LogP contribution in [0.25, 0.3) is 0 Å². The maximum absolute atomic E-state index is 5.55. The van der Waals surface area contributed by atoms with E-state index in [0.717, 1.165) is 25.3 Å². The third-order valence-corrected chi connectivity index (χ3v) is 2.54. The average molecular weight is 240 g/mol.